The molecule has 2 N–H and O–H groups in total. The molecule has 2 saturated heterocycles. The lowest BCUT2D eigenvalue weighted by Crippen LogP contribution is -2.49. The molecule has 4 nitrogen and oxygen atoms in total. The van der Waals surface area contributed by atoms with Gasteiger partial charge in [0.15, 0.2) is 5.60 Å². The molecule has 3 aliphatic rings. The number of hydrogen-bond acceptors (Lipinski definition) is 4. The molecule has 136 valence electrons. The molecule has 3 atom stereocenters. The van der Waals surface area contributed by atoms with Crippen LogP contribution in [0.2, 0.25) is 0 Å². The van der Waals surface area contributed by atoms with Gasteiger partial charge in [-0.1, -0.05) is 49.6 Å². The Hall–Kier alpha value is -1.39. The fraction of sp³-hybridized carbons (Fsp3) is 0.667. The minimum absolute atomic E-state index is 0.0467. The smallest absolute Gasteiger partial charge is 0.343 e. The van der Waals surface area contributed by atoms with E-state index in [1.54, 1.807) is 0 Å². The molecule has 1 aromatic carbocycles. The van der Waals surface area contributed by atoms with Crippen LogP contribution in [0.25, 0.3) is 0 Å². The van der Waals surface area contributed by atoms with E-state index in [4.69, 9.17) is 4.74 Å². The standard InChI is InChI=1S/C21H29NO3/c23-20(25-19-13-17-11-12-18(14-19)22-17)21(24,15-7-3-1-4-8-15)16-9-5-2-6-10-16/h1,3-4,7-8,16-19,22,24H,2,5-6,9-14H2. The minimum atomic E-state index is -1.51. The highest BCUT2D eigenvalue weighted by molar-refractivity contribution is 5.81. The van der Waals surface area contributed by atoms with Crippen LogP contribution >= 0.6 is 0 Å². The Balaban J connectivity index is 1.55. The molecule has 2 aliphatic heterocycles. The molecule has 0 aromatic heterocycles. The van der Waals surface area contributed by atoms with Crippen molar-refractivity contribution in [2.45, 2.75) is 81.6 Å². The molecule has 1 aromatic rings. The molecule has 3 fully saturated rings. The third kappa shape index (κ3) is 3.34. The first-order valence-corrected chi connectivity index (χ1v) is 9.91. The molecule has 2 bridgehead atoms. The lowest BCUT2D eigenvalue weighted by molar-refractivity contribution is -0.183. The fourth-order valence-corrected chi connectivity index (χ4v) is 5.08. The van der Waals surface area contributed by atoms with Crippen LogP contribution in [-0.4, -0.2) is 29.3 Å². The molecule has 1 aliphatic carbocycles. The van der Waals surface area contributed by atoms with Gasteiger partial charge in [-0.15, -0.1) is 0 Å². The summed E-state index contributed by atoms with van der Waals surface area (Å²) < 4.78 is 5.92. The monoisotopic (exact) mass is 343 g/mol. The van der Waals surface area contributed by atoms with Crippen molar-refractivity contribution in [2.75, 3.05) is 0 Å². The average molecular weight is 343 g/mol. The van der Waals surface area contributed by atoms with E-state index in [1.807, 2.05) is 30.3 Å². The van der Waals surface area contributed by atoms with Crippen LogP contribution in [0.3, 0.4) is 0 Å². The van der Waals surface area contributed by atoms with E-state index in [-0.39, 0.29) is 12.0 Å². The number of esters is 1. The number of hydrogen-bond donors (Lipinski definition) is 2. The van der Waals surface area contributed by atoms with Gasteiger partial charge in [0.2, 0.25) is 0 Å². The maximum absolute atomic E-state index is 13.2. The summed E-state index contributed by atoms with van der Waals surface area (Å²) in [5.41, 5.74) is -0.824. The summed E-state index contributed by atoms with van der Waals surface area (Å²) in [6, 6.07) is 10.4. The second-order valence-corrected chi connectivity index (χ2v) is 8.10. The lowest BCUT2D eigenvalue weighted by Gasteiger charge is -2.38. The van der Waals surface area contributed by atoms with E-state index in [0.29, 0.717) is 17.6 Å². The molecule has 0 radical (unpaired) electrons. The maximum atomic E-state index is 13.2. The first-order chi connectivity index (χ1) is 12.2. The summed E-state index contributed by atoms with van der Waals surface area (Å²) in [6.07, 6.45) is 9.13. The largest absolute Gasteiger partial charge is 0.460 e. The van der Waals surface area contributed by atoms with E-state index < -0.39 is 11.6 Å². The highest BCUT2D eigenvalue weighted by Gasteiger charge is 2.48. The highest BCUT2D eigenvalue weighted by atomic mass is 16.6. The minimum Gasteiger partial charge on any atom is -0.460 e. The molecule has 0 spiro atoms. The van der Waals surface area contributed by atoms with Gasteiger partial charge < -0.3 is 15.2 Å². The van der Waals surface area contributed by atoms with Crippen LogP contribution in [0.15, 0.2) is 30.3 Å². The molecular formula is C21H29NO3. The Bertz CT molecular complexity index is 586. The summed E-state index contributed by atoms with van der Waals surface area (Å²) in [5, 5.41) is 15.1. The summed E-state index contributed by atoms with van der Waals surface area (Å²) >= 11 is 0. The van der Waals surface area contributed by atoms with E-state index in [0.717, 1.165) is 38.5 Å². The van der Waals surface area contributed by atoms with Crippen molar-refractivity contribution in [1.82, 2.24) is 5.32 Å². The summed E-state index contributed by atoms with van der Waals surface area (Å²) in [6.45, 7) is 0. The fourth-order valence-electron chi connectivity index (χ4n) is 5.08. The van der Waals surface area contributed by atoms with Gasteiger partial charge in [-0.25, -0.2) is 4.79 Å². The predicted octanol–water partition coefficient (Wildman–Crippen LogP) is 3.28. The summed E-state index contributed by atoms with van der Waals surface area (Å²) in [4.78, 5) is 13.2. The van der Waals surface area contributed by atoms with E-state index >= 15 is 0 Å². The number of benzene rings is 1. The van der Waals surface area contributed by atoms with Crippen LogP contribution in [0.5, 0.6) is 0 Å². The Morgan fingerprint density at radius 3 is 2.28 bits per heavy atom. The van der Waals surface area contributed by atoms with Gasteiger partial charge in [0.25, 0.3) is 0 Å². The Kier molecular flexibility index (Phi) is 4.83. The zero-order chi connectivity index (χ0) is 17.3. The van der Waals surface area contributed by atoms with Crippen LogP contribution in [0, 0.1) is 5.92 Å². The Labute approximate surface area is 150 Å². The lowest BCUT2D eigenvalue weighted by atomic mass is 9.73. The third-order valence-electron chi connectivity index (χ3n) is 6.42. The zero-order valence-electron chi connectivity index (χ0n) is 14.8. The van der Waals surface area contributed by atoms with Gasteiger partial charge in [0, 0.05) is 18.0 Å². The van der Waals surface area contributed by atoms with Crippen molar-refractivity contribution in [2.24, 2.45) is 5.92 Å². The van der Waals surface area contributed by atoms with Crippen molar-refractivity contribution in [3.63, 3.8) is 0 Å². The molecule has 0 amide bonds. The van der Waals surface area contributed by atoms with Gasteiger partial charge in [-0.3, -0.25) is 0 Å². The van der Waals surface area contributed by atoms with Crippen molar-refractivity contribution >= 4 is 5.97 Å². The van der Waals surface area contributed by atoms with Crippen molar-refractivity contribution < 1.29 is 14.6 Å². The quantitative estimate of drug-likeness (QED) is 0.824. The topological polar surface area (TPSA) is 58.6 Å². The van der Waals surface area contributed by atoms with E-state index in [9.17, 15) is 9.90 Å². The first-order valence-electron chi connectivity index (χ1n) is 9.91. The zero-order valence-corrected chi connectivity index (χ0v) is 14.8. The SMILES string of the molecule is O=C(OC1CC2CCC(C1)N2)C(O)(c1ccccc1)C1CCCCC1. The molecule has 3 unspecified atom stereocenters. The number of carbonyl (C=O) groups is 1. The Morgan fingerprint density at radius 1 is 1.00 bits per heavy atom. The molecular weight excluding hydrogens is 314 g/mol. The number of carbonyl (C=O) groups excluding carboxylic acids is 1. The second kappa shape index (κ2) is 7.08. The molecule has 2 heterocycles. The summed E-state index contributed by atoms with van der Waals surface area (Å²) in [7, 11) is 0. The van der Waals surface area contributed by atoms with Gasteiger partial charge in [0.05, 0.1) is 0 Å². The van der Waals surface area contributed by atoms with Gasteiger partial charge in [-0.05, 0) is 44.1 Å². The van der Waals surface area contributed by atoms with Crippen molar-refractivity contribution in [3.05, 3.63) is 35.9 Å². The second-order valence-electron chi connectivity index (χ2n) is 8.10. The van der Waals surface area contributed by atoms with Gasteiger partial charge >= 0.3 is 5.97 Å². The first kappa shape index (κ1) is 17.0. The number of fused-ring (bicyclic) bond motifs is 2. The maximum Gasteiger partial charge on any atom is 0.343 e. The van der Waals surface area contributed by atoms with Crippen LogP contribution in [0.1, 0.15) is 63.4 Å². The number of rotatable bonds is 4. The predicted molar refractivity (Wildman–Crippen MR) is 96.0 cm³/mol. The molecule has 1 saturated carbocycles. The van der Waals surface area contributed by atoms with E-state index in [1.165, 1.54) is 19.3 Å². The van der Waals surface area contributed by atoms with Gasteiger partial charge in [-0.2, -0.15) is 0 Å². The number of ether oxygens (including phenoxy) is 1. The van der Waals surface area contributed by atoms with Crippen molar-refractivity contribution in [3.8, 4) is 0 Å². The number of nitrogens with one attached hydrogen (secondary N) is 1. The van der Waals surface area contributed by atoms with Crippen LogP contribution in [-0.2, 0) is 15.1 Å². The normalized spacial score (nSPS) is 32.1. The van der Waals surface area contributed by atoms with Crippen LogP contribution in [0.4, 0.5) is 0 Å². The third-order valence-corrected chi connectivity index (χ3v) is 6.42. The Morgan fingerprint density at radius 2 is 1.64 bits per heavy atom. The van der Waals surface area contributed by atoms with E-state index in [2.05, 4.69) is 5.32 Å². The van der Waals surface area contributed by atoms with Crippen molar-refractivity contribution in [1.29, 1.82) is 0 Å². The number of piperidine rings is 1. The molecule has 25 heavy (non-hydrogen) atoms. The highest BCUT2D eigenvalue weighted by Crippen LogP contribution is 2.41. The van der Waals surface area contributed by atoms with Crippen LogP contribution < -0.4 is 5.32 Å². The van der Waals surface area contributed by atoms with Gasteiger partial charge in [0.1, 0.15) is 6.10 Å². The number of aliphatic hydroxyl groups is 1. The molecule has 4 heteroatoms. The average Bonchev–Trinajstić information content (AvgIpc) is 3.00. The summed E-state index contributed by atoms with van der Waals surface area (Å²) in [5.74, 6) is -0.480. The molecule has 4 rings (SSSR count).